The first-order valence-electron chi connectivity index (χ1n) is 7.07. The SMILES string of the molecule is CCSc1cccc(N(C)CCOC(C)C)c1/C(N)=N/O. The predicted molar refractivity (Wildman–Crippen MR) is 89.7 cm³/mol. The summed E-state index contributed by atoms with van der Waals surface area (Å²) < 4.78 is 5.58. The molecule has 0 amide bonds. The quantitative estimate of drug-likeness (QED) is 0.254. The summed E-state index contributed by atoms with van der Waals surface area (Å²) in [6.07, 6.45) is 0.212. The largest absolute Gasteiger partial charge is 0.409 e. The lowest BCUT2D eigenvalue weighted by molar-refractivity contribution is 0.0846. The zero-order valence-corrected chi connectivity index (χ0v) is 14.0. The second-order valence-electron chi connectivity index (χ2n) is 4.91. The molecule has 0 heterocycles. The Morgan fingerprint density at radius 3 is 2.76 bits per heavy atom. The number of hydrogen-bond acceptors (Lipinski definition) is 5. The average Bonchev–Trinajstić information content (AvgIpc) is 2.46. The van der Waals surface area contributed by atoms with Crippen molar-refractivity contribution in [2.75, 3.05) is 30.9 Å². The Labute approximate surface area is 131 Å². The number of likely N-dealkylation sites (N-methyl/N-ethyl adjacent to an activating group) is 1. The number of thioether (sulfide) groups is 1. The maximum absolute atomic E-state index is 9.05. The number of amidine groups is 1. The number of benzene rings is 1. The van der Waals surface area contributed by atoms with E-state index in [0.717, 1.165) is 28.4 Å². The van der Waals surface area contributed by atoms with Crippen molar-refractivity contribution in [1.29, 1.82) is 0 Å². The van der Waals surface area contributed by atoms with Crippen LogP contribution in [0, 0.1) is 0 Å². The smallest absolute Gasteiger partial charge is 0.173 e. The van der Waals surface area contributed by atoms with Gasteiger partial charge in [0.15, 0.2) is 5.84 Å². The average molecular weight is 311 g/mol. The van der Waals surface area contributed by atoms with Gasteiger partial charge in [0.1, 0.15) is 0 Å². The van der Waals surface area contributed by atoms with Crippen LogP contribution in [0.25, 0.3) is 0 Å². The summed E-state index contributed by atoms with van der Waals surface area (Å²) in [4.78, 5) is 3.08. The third-order valence-electron chi connectivity index (χ3n) is 2.96. The van der Waals surface area contributed by atoms with Crippen LogP contribution in [0.1, 0.15) is 26.3 Å². The Kier molecular flexibility index (Phi) is 7.39. The number of anilines is 1. The Hall–Kier alpha value is -1.40. The van der Waals surface area contributed by atoms with Gasteiger partial charge in [-0.2, -0.15) is 0 Å². The Morgan fingerprint density at radius 2 is 2.19 bits per heavy atom. The molecule has 0 aliphatic heterocycles. The van der Waals surface area contributed by atoms with E-state index in [-0.39, 0.29) is 11.9 Å². The van der Waals surface area contributed by atoms with Crippen LogP contribution in [0.5, 0.6) is 0 Å². The molecule has 0 spiro atoms. The van der Waals surface area contributed by atoms with E-state index < -0.39 is 0 Å². The number of nitrogens with two attached hydrogens (primary N) is 1. The fourth-order valence-corrected chi connectivity index (χ4v) is 2.81. The normalized spacial score (nSPS) is 12.0. The topological polar surface area (TPSA) is 71.1 Å². The van der Waals surface area contributed by atoms with Gasteiger partial charge in [0.25, 0.3) is 0 Å². The van der Waals surface area contributed by atoms with E-state index in [4.69, 9.17) is 15.7 Å². The van der Waals surface area contributed by atoms with E-state index in [9.17, 15) is 0 Å². The molecular formula is C15H25N3O2S. The molecule has 1 aromatic carbocycles. The highest BCUT2D eigenvalue weighted by molar-refractivity contribution is 7.99. The highest BCUT2D eigenvalue weighted by Gasteiger charge is 2.16. The van der Waals surface area contributed by atoms with Gasteiger partial charge in [0, 0.05) is 24.2 Å². The summed E-state index contributed by atoms with van der Waals surface area (Å²) in [5.74, 6) is 1.06. The second-order valence-corrected chi connectivity index (χ2v) is 6.22. The van der Waals surface area contributed by atoms with Crippen LogP contribution in [0.4, 0.5) is 5.69 Å². The van der Waals surface area contributed by atoms with Crippen molar-refractivity contribution >= 4 is 23.3 Å². The molecule has 6 heteroatoms. The highest BCUT2D eigenvalue weighted by Crippen LogP contribution is 2.30. The van der Waals surface area contributed by atoms with Crippen molar-refractivity contribution in [1.82, 2.24) is 0 Å². The molecule has 21 heavy (non-hydrogen) atoms. The van der Waals surface area contributed by atoms with Gasteiger partial charge in [-0.15, -0.1) is 11.8 Å². The van der Waals surface area contributed by atoms with E-state index in [1.165, 1.54) is 0 Å². The number of oxime groups is 1. The van der Waals surface area contributed by atoms with Crippen molar-refractivity contribution in [2.24, 2.45) is 10.9 Å². The van der Waals surface area contributed by atoms with Gasteiger partial charge < -0.3 is 20.6 Å². The van der Waals surface area contributed by atoms with Gasteiger partial charge in [-0.05, 0) is 31.7 Å². The van der Waals surface area contributed by atoms with Gasteiger partial charge >= 0.3 is 0 Å². The Balaban J connectivity index is 3.01. The van der Waals surface area contributed by atoms with Gasteiger partial charge in [0.2, 0.25) is 0 Å². The molecule has 5 nitrogen and oxygen atoms in total. The first-order chi connectivity index (χ1) is 10.0. The second kappa shape index (κ2) is 8.79. The van der Waals surface area contributed by atoms with Crippen LogP contribution >= 0.6 is 11.8 Å². The van der Waals surface area contributed by atoms with Crippen LogP contribution < -0.4 is 10.6 Å². The Morgan fingerprint density at radius 1 is 1.48 bits per heavy atom. The van der Waals surface area contributed by atoms with E-state index in [1.54, 1.807) is 11.8 Å². The van der Waals surface area contributed by atoms with E-state index in [0.29, 0.717) is 6.61 Å². The molecule has 0 atom stereocenters. The third kappa shape index (κ3) is 5.13. The van der Waals surface area contributed by atoms with Crippen LogP contribution in [0.2, 0.25) is 0 Å². The van der Waals surface area contributed by atoms with Gasteiger partial charge in [-0.3, -0.25) is 0 Å². The summed E-state index contributed by atoms with van der Waals surface area (Å²) in [5, 5.41) is 12.2. The molecule has 0 saturated carbocycles. The number of hydrogen-bond donors (Lipinski definition) is 2. The van der Waals surface area contributed by atoms with E-state index in [2.05, 4.69) is 17.0 Å². The molecule has 0 aliphatic carbocycles. The lowest BCUT2D eigenvalue weighted by Gasteiger charge is -2.24. The van der Waals surface area contributed by atoms with E-state index >= 15 is 0 Å². The van der Waals surface area contributed by atoms with Gasteiger partial charge in [0.05, 0.1) is 18.3 Å². The molecule has 118 valence electrons. The zero-order chi connectivity index (χ0) is 15.8. The fraction of sp³-hybridized carbons (Fsp3) is 0.533. The van der Waals surface area contributed by atoms with Crippen LogP contribution in [-0.4, -0.2) is 43.1 Å². The standard InChI is InChI=1S/C15H25N3O2S/c1-5-21-13-8-6-7-12(14(13)15(16)17-19)18(4)9-10-20-11(2)3/h6-8,11,19H,5,9-10H2,1-4H3,(H2,16,17). The summed E-state index contributed by atoms with van der Waals surface area (Å²) in [6, 6.07) is 5.95. The Bertz CT molecular complexity index is 478. The lowest BCUT2D eigenvalue weighted by Crippen LogP contribution is -2.27. The number of rotatable bonds is 8. The van der Waals surface area contributed by atoms with Crippen molar-refractivity contribution < 1.29 is 9.94 Å². The molecule has 0 bridgehead atoms. The molecule has 0 fully saturated rings. The molecular weight excluding hydrogens is 286 g/mol. The maximum Gasteiger partial charge on any atom is 0.173 e. The number of nitrogens with zero attached hydrogens (tertiary/aromatic N) is 2. The molecule has 3 N–H and O–H groups in total. The minimum atomic E-state index is 0.137. The van der Waals surface area contributed by atoms with Crippen LogP contribution in [0.15, 0.2) is 28.3 Å². The monoisotopic (exact) mass is 311 g/mol. The summed E-state index contributed by atoms with van der Waals surface area (Å²) >= 11 is 1.68. The van der Waals surface area contributed by atoms with E-state index in [1.807, 2.05) is 39.1 Å². The van der Waals surface area contributed by atoms with Crippen molar-refractivity contribution in [3.8, 4) is 0 Å². The fourth-order valence-electron chi connectivity index (χ4n) is 1.97. The minimum absolute atomic E-state index is 0.137. The molecule has 0 aliphatic rings. The first-order valence-corrected chi connectivity index (χ1v) is 8.06. The van der Waals surface area contributed by atoms with Gasteiger partial charge in [-0.1, -0.05) is 18.1 Å². The molecule has 0 radical (unpaired) electrons. The summed E-state index contributed by atoms with van der Waals surface area (Å²) in [6.45, 7) is 7.48. The van der Waals surface area contributed by atoms with Crippen LogP contribution in [-0.2, 0) is 4.74 Å². The van der Waals surface area contributed by atoms with Gasteiger partial charge in [-0.25, -0.2) is 0 Å². The van der Waals surface area contributed by atoms with Crippen molar-refractivity contribution in [2.45, 2.75) is 31.8 Å². The summed E-state index contributed by atoms with van der Waals surface area (Å²) in [5.41, 5.74) is 7.59. The van der Waals surface area contributed by atoms with Crippen molar-refractivity contribution in [3.05, 3.63) is 23.8 Å². The molecule has 0 saturated heterocycles. The zero-order valence-electron chi connectivity index (χ0n) is 13.2. The lowest BCUT2D eigenvalue weighted by atomic mass is 10.1. The minimum Gasteiger partial charge on any atom is -0.409 e. The number of ether oxygens (including phenoxy) is 1. The molecule has 1 aromatic rings. The molecule has 0 unspecified atom stereocenters. The highest BCUT2D eigenvalue weighted by atomic mass is 32.2. The molecule has 1 rings (SSSR count). The first kappa shape index (κ1) is 17.7. The van der Waals surface area contributed by atoms with Crippen LogP contribution in [0.3, 0.4) is 0 Å². The van der Waals surface area contributed by atoms with Crippen molar-refractivity contribution in [3.63, 3.8) is 0 Å². The molecule has 0 aromatic heterocycles. The predicted octanol–water partition coefficient (Wildman–Crippen LogP) is 2.75. The summed E-state index contributed by atoms with van der Waals surface area (Å²) in [7, 11) is 1.98. The maximum atomic E-state index is 9.05. The third-order valence-corrected chi connectivity index (χ3v) is 3.90.